The molecule has 0 radical (unpaired) electrons. The molecule has 0 unspecified atom stereocenters. The Bertz CT molecular complexity index is 1120. The molecule has 2 amide bonds. The molecule has 1 N–H and O–H groups in total. The zero-order valence-electron chi connectivity index (χ0n) is 17.7. The SMILES string of the molecule is N#Cc1ccc(NC(=O)COC(=O)C2CCN(C(=O)c3ccc(C(F)(F)F)cc3)CC2)cc1Cl. The number of esters is 1. The predicted molar refractivity (Wildman–Crippen MR) is 116 cm³/mol. The molecular weight excluding hydrogens is 475 g/mol. The van der Waals surface area contributed by atoms with Gasteiger partial charge in [-0.15, -0.1) is 0 Å². The van der Waals surface area contributed by atoms with Crippen molar-refractivity contribution in [2.24, 2.45) is 5.92 Å². The standard InChI is InChI=1S/C23H19ClF3N3O4/c24-19-11-18(6-3-16(19)12-28)29-20(31)13-34-22(33)15-7-9-30(10-8-15)21(32)14-1-4-17(5-2-14)23(25,26)27/h1-6,11,15H,7-10,13H2,(H,29,31). The number of carbonyl (C=O) groups is 3. The van der Waals surface area contributed by atoms with Crippen molar-refractivity contribution in [1.29, 1.82) is 5.26 Å². The number of benzene rings is 2. The summed E-state index contributed by atoms with van der Waals surface area (Å²) in [5, 5.41) is 11.6. The molecule has 34 heavy (non-hydrogen) atoms. The molecule has 0 saturated carbocycles. The van der Waals surface area contributed by atoms with Crippen molar-refractivity contribution in [3.8, 4) is 6.07 Å². The molecule has 1 saturated heterocycles. The van der Waals surface area contributed by atoms with E-state index < -0.39 is 42.0 Å². The third-order valence-corrected chi connectivity index (χ3v) is 5.61. The molecule has 0 atom stereocenters. The van der Waals surface area contributed by atoms with E-state index in [9.17, 15) is 27.6 Å². The van der Waals surface area contributed by atoms with Crippen LogP contribution in [0.5, 0.6) is 0 Å². The van der Waals surface area contributed by atoms with Crippen molar-refractivity contribution in [2.75, 3.05) is 25.0 Å². The maximum absolute atomic E-state index is 12.7. The van der Waals surface area contributed by atoms with Crippen LogP contribution in [0.3, 0.4) is 0 Å². The van der Waals surface area contributed by atoms with Crippen LogP contribution in [0, 0.1) is 17.2 Å². The van der Waals surface area contributed by atoms with Crippen molar-refractivity contribution in [3.63, 3.8) is 0 Å². The lowest BCUT2D eigenvalue weighted by atomic mass is 9.96. The summed E-state index contributed by atoms with van der Waals surface area (Å²) in [5.74, 6) is -2.08. The second-order valence-corrected chi connectivity index (χ2v) is 8.01. The average Bonchev–Trinajstić information content (AvgIpc) is 2.82. The smallest absolute Gasteiger partial charge is 0.416 e. The number of alkyl halides is 3. The van der Waals surface area contributed by atoms with Crippen LogP contribution in [0.2, 0.25) is 5.02 Å². The van der Waals surface area contributed by atoms with E-state index in [1.165, 1.54) is 23.1 Å². The van der Waals surface area contributed by atoms with Crippen molar-refractivity contribution in [1.82, 2.24) is 4.90 Å². The predicted octanol–water partition coefficient (Wildman–Crippen LogP) is 4.26. The maximum atomic E-state index is 12.7. The number of carbonyl (C=O) groups excluding carboxylic acids is 3. The molecule has 0 bridgehead atoms. The minimum absolute atomic E-state index is 0.133. The van der Waals surface area contributed by atoms with Crippen molar-refractivity contribution in [3.05, 3.63) is 64.2 Å². The first-order chi connectivity index (χ1) is 16.1. The van der Waals surface area contributed by atoms with E-state index >= 15 is 0 Å². The fraction of sp³-hybridized carbons (Fsp3) is 0.304. The van der Waals surface area contributed by atoms with E-state index in [1.807, 2.05) is 6.07 Å². The number of hydrogen-bond acceptors (Lipinski definition) is 5. The molecule has 7 nitrogen and oxygen atoms in total. The van der Waals surface area contributed by atoms with Gasteiger partial charge in [0.2, 0.25) is 0 Å². The molecule has 0 aliphatic carbocycles. The Labute approximate surface area is 198 Å². The number of nitrogens with one attached hydrogen (secondary N) is 1. The summed E-state index contributed by atoms with van der Waals surface area (Å²) in [6.45, 7) is -0.0493. The molecule has 0 spiro atoms. The summed E-state index contributed by atoms with van der Waals surface area (Å²) in [4.78, 5) is 38.3. The molecular formula is C23H19ClF3N3O4. The highest BCUT2D eigenvalue weighted by Crippen LogP contribution is 2.29. The molecule has 0 aromatic heterocycles. The molecule has 1 heterocycles. The van der Waals surface area contributed by atoms with Crippen LogP contribution in [-0.4, -0.2) is 42.4 Å². The lowest BCUT2D eigenvalue weighted by Crippen LogP contribution is -2.41. The molecule has 2 aromatic carbocycles. The Hall–Kier alpha value is -3.58. The summed E-state index contributed by atoms with van der Waals surface area (Å²) in [6, 6.07) is 10.2. The van der Waals surface area contributed by atoms with Crippen LogP contribution >= 0.6 is 11.6 Å². The fourth-order valence-corrected chi connectivity index (χ4v) is 3.66. The Kier molecular flexibility index (Phi) is 7.79. The van der Waals surface area contributed by atoms with E-state index in [1.54, 1.807) is 0 Å². The first-order valence-corrected chi connectivity index (χ1v) is 10.6. The second-order valence-electron chi connectivity index (χ2n) is 7.60. The number of anilines is 1. The minimum Gasteiger partial charge on any atom is -0.455 e. The van der Waals surface area contributed by atoms with Gasteiger partial charge in [-0.25, -0.2) is 0 Å². The van der Waals surface area contributed by atoms with Gasteiger partial charge in [-0.2, -0.15) is 18.4 Å². The third kappa shape index (κ3) is 6.26. The van der Waals surface area contributed by atoms with Crippen LogP contribution < -0.4 is 5.32 Å². The van der Waals surface area contributed by atoms with E-state index in [2.05, 4.69) is 5.32 Å². The molecule has 1 fully saturated rings. The summed E-state index contributed by atoms with van der Waals surface area (Å²) in [5.41, 5.74) is -0.0974. The van der Waals surface area contributed by atoms with Crippen molar-refractivity contribution >= 4 is 35.1 Å². The van der Waals surface area contributed by atoms with Crippen molar-refractivity contribution < 1.29 is 32.3 Å². The van der Waals surface area contributed by atoms with Gasteiger partial charge in [0.1, 0.15) is 6.07 Å². The van der Waals surface area contributed by atoms with Gasteiger partial charge in [0.15, 0.2) is 6.61 Å². The highest BCUT2D eigenvalue weighted by molar-refractivity contribution is 6.32. The second kappa shape index (κ2) is 10.6. The average molecular weight is 494 g/mol. The van der Waals surface area contributed by atoms with Gasteiger partial charge < -0.3 is 15.0 Å². The largest absolute Gasteiger partial charge is 0.455 e. The van der Waals surface area contributed by atoms with Gasteiger partial charge in [-0.3, -0.25) is 14.4 Å². The Balaban J connectivity index is 1.45. The number of likely N-dealkylation sites (tertiary alicyclic amines) is 1. The number of rotatable bonds is 5. The number of halogens is 4. The number of amides is 2. The Morgan fingerprint density at radius 2 is 1.76 bits per heavy atom. The molecule has 178 valence electrons. The van der Waals surface area contributed by atoms with Crippen LogP contribution in [-0.2, 0) is 20.5 Å². The summed E-state index contributed by atoms with van der Waals surface area (Å²) in [6.07, 6.45) is -3.87. The van der Waals surface area contributed by atoms with Gasteiger partial charge in [0, 0.05) is 24.3 Å². The third-order valence-electron chi connectivity index (χ3n) is 5.29. The molecule has 1 aliphatic rings. The van der Waals surface area contributed by atoms with Gasteiger partial charge in [0.05, 0.1) is 22.1 Å². The van der Waals surface area contributed by atoms with E-state index in [4.69, 9.17) is 21.6 Å². The van der Waals surface area contributed by atoms with Gasteiger partial charge in [-0.05, 0) is 55.3 Å². The summed E-state index contributed by atoms with van der Waals surface area (Å²) < 4.78 is 43.1. The molecule has 1 aliphatic heterocycles. The summed E-state index contributed by atoms with van der Waals surface area (Å²) >= 11 is 5.91. The normalized spacial score (nSPS) is 14.3. The maximum Gasteiger partial charge on any atom is 0.416 e. The first kappa shape index (κ1) is 25.1. The fourth-order valence-electron chi connectivity index (χ4n) is 3.44. The number of nitriles is 1. The highest BCUT2D eigenvalue weighted by atomic mass is 35.5. The van der Waals surface area contributed by atoms with Crippen LogP contribution in [0.25, 0.3) is 0 Å². The Morgan fingerprint density at radius 3 is 2.32 bits per heavy atom. The zero-order valence-corrected chi connectivity index (χ0v) is 18.4. The number of nitrogens with zero attached hydrogens (tertiary/aromatic N) is 2. The lowest BCUT2D eigenvalue weighted by Gasteiger charge is -2.31. The quantitative estimate of drug-likeness (QED) is 0.627. The number of hydrogen-bond donors (Lipinski definition) is 1. The first-order valence-electron chi connectivity index (χ1n) is 10.2. The topological polar surface area (TPSA) is 99.5 Å². The lowest BCUT2D eigenvalue weighted by molar-refractivity contribution is -0.152. The van der Waals surface area contributed by atoms with Crippen LogP contribution in [0.15, 0.2) is 42.5 Å². The van der Waals surface area contributed by atoms with Gasteiger partial charge in [-0.1, -0.05) is 11.6 Å². The van der Waals surface area contributed by atoms with Crippen LogP contribution in [0.4, 0.5) is 18.9 Å². The minimum atomic E-state index is -4.48. The Morgan fingerprint density at radius 1 is 1.12 bits per heavy atom. The molecule has 2 aromatic rings. The van der Waals surface area contributed by atoms with Gasteiger partial charge in [0.25, 0.3) is 11.8 Å². The highest BCUT2D eigenvalue weighted by Gasteiger charge is 2.32. The zero-order chi connectivity index (χ0) is 24.9. The van der Waals surface area contributed by atoms with E-state index in [-0.39, 0.29) is 29.2 Å². The number of piperidine rings is 1. The molecule has 3 rings (SSSR count). The van der Waals surface area contributed by atoms with E-state index in [0.717, 1.165) is 24.3 Å². The van der Waals surface area contributed by atoms with E-state index in [0.29, 0.717) is 18.5 Å². The van der Waals surface area contributed by atoms with Crippen LogP contribution in [0.1, 0.15) is 34.3 Å². The molecule has 11 heteroatoms. The number of ether oxygens (including phenoxy) is 1. The van der Waals surface area contributed by atoms with Crippen molar-refractivity contribution in [2.45, 2.75) is 19.0 Å². The van der Waals surface area contributed by atoms with Gasteiger partial charge >= 0.3 is 12.1 Å². The monoisotopic (exact) mass is 493 g/mol. The summed E-state index contributed by atoms with van der Waals surface area (Å²) in [7, 11) is 0.